The van der Waals surface area contributed by atoms with E-state index in [-0.39, 0.29) is 11.4 Å². The maximum absolute atomic E-state index is 11.8. The van der Waals surface area contributed by atoms with E-state index in [0.29, 0.717) is 5.92 Å². The zero-order chi connectivity index (χ0) is 13.8. The van der Waals surface area contributed by atoms with Gasteiger partial charge in [-0.3, -0.25) is 0 Å². The highest BCUT2D eigenvalue weighted by atomic mass is 32.2. The highest BCUT2D eigenvalue weighted by Crippen LogP contribution is 2.13. The lowest BCUT2D eigenvalue weighted by Gasteiger charge is -2.09. The van der Waals surface area contributed by atoms with Gasteiger partial charge in [-0.05, 0) is 37.0 Å². The maximum atomic E-state index is 11.8. The number of rotatable bonds is 6. The Kier molecular flexibility index (Phi) is 5.31. The number of sulfonamides is 1. The fourth-order valence-corrected chi connectivity index (χ4v) is 2.71. The highest BCUT2D eigenvalue weighted by Gasteiger charge is 2.14. The van der Waals surface area contributed by atoms with Crippen LogP contribution in [0.15, 0.2) is 29.2 Å². The van der Waals surface area contributed by atoms with E-state index in [1.165, 1.54) is 6.92 Å². The summed E-state index contributed by atoms with van der Waals surface area (Å²) in [6.07, 6.45) is 0.238. The summed E-state index contributed by atoms with van der Waals surface area (Å²) in [5, 5.41) is 9.08. The number of hydrogen-bond donors (Lipinski definition) is 2. The first-order valence-electron chi connectivity index (χ1n) is 6.08. The Bertz CT molecular complexity index is 464. The Labute approximate surface area is 109 Å². The SMILES string of the molecule is CC(C)Cc1ccc(S(=O)(=O)NC[C@H](C)O)cc1. The van der Waals surface area contributed by atoms with E-state index in [2.05, 4.69) is 18.6 Å². The average molecular weight is 271 g/mol. The molecule has 1 rings (SSSR count). The summed E-state index contributed by atoms with van der Waals surface area (Å²) in [4.78, 5) is 0.232. The molecular formula is C13H21NO3S. The molecule has 0 radical (unpaired) electrons. The van der Waals surface area contributed by atoms with Crippen molar-refractivity contribution in [3.63, 3.8) is 0 Å². The molecule has 18 heavy (non-hydrogen) atoms. The Morgan fingerprint density at radius 2 is 1.72 bits per heavy atom. The molecule has 2 N–H and O–H groups in total. The van der Waals surface area contributed by atoms with Crippen LogP contribution in [0.2, 0.25) is 0 Å². The fourth-order valence-electron chi connectivity index (χ4n) is 1.59. The van der Waals surface area contributed by atoms with Crippen molar-refractivity contribution in [3.05, 3.63) is 29.8 Å². The summed E-state index contributed by atoms with van der Waals surface area (Å²) in [5.41, 5.74) is 1.12. The molecule has 4 nitrogen and oxygen atoms in total. The van der Waals surface area contributed by atoms with Crippen LogP contribution in [0.5, 0.6) is 0 Å². The van der Waals surface area contributed by atoms with Crippen LogP contribution in [-0.4, -0.2) is 26.2 Å². The van der Waals surface area contributed by atoms with Crippen LogP contribution in [-0.2, 0) is 16.4 Å². The summed E-state index contributed by atoms with van der Waals surface area (Å²) in [6.45, 7) is 5.80. The molecule has 0 heterocycles. The zero-order valence-electron chi connectivity index (χ0n) is 11.1. The van der Waals surface area contributed by atoms with Crippen molar-refractivity contribution in [3.8, 4) is 0 Å². The molecule has 0 fully saturated rings. The molecule has 0 unspecified atom stereocenters. The molecule has 0 saturated heterocycles. The summed E-state index contributed by atoms with van der Waals surface area (Å²) in [6, 6.07) is 6.86. The molecule has 102 valence electrons. The first kappa shape index (κ1) is 15.1. The summed E-state index contributed by atoms with van der Waals surface area (Å²) >= 11 is 0. The summed E-state index contributed by atoms with van der Waals surface area (Å²) < 4.78 is 26.1. The van der Waals surface area contributed by atoms with Crippen molar-refractivity contribution >= 4 is 10.0 Å². The van der Waals surface area contributed by atoms with Gasteiger partial charge in [-0.2, -0.15) is 0 Å². The molecule has 0 amide bonds. The second kappa shape index (κ2) is 6.31. The first-order chi connectivity index (χ1) is 8.31. The van der Waals surface area contributed by atoms with Crippen LogP contribution in [0.3, 0.4) is 0 Å². The van der Waals surface area contributed by atoms with Gasteiger partial charge in [-0.15, -0.1) is 0 Å². The summed E-state index contributed by atoms with van der Waals surface area (Å²) in [5.74, 6) is 0.542. The van der Waals surface area contributed by atoms with Gasteiger partial charge in [-0.1, -0.05) is 26.0 Å². The van der Waals surface area contributed by atoms with E-state index in [4.69, 9.17) is 5.11 Å². The Morgan fingerprint density at radius 3 is 2.17 bits per heavy atom. The minimum atomic E-state index is -3.51. The standard InChI is InChI=1S/C13H21NO3S/c1-10(2)8-12-4-6-13(7-5-12)18(16,17)14-9-11(3)15/h4-7,10-11,14-15H,8-9H2,1-3H3/t11-/m0/s1. The number of aliphatic hydroxyl groups excluding tert-OH is 1. The van der Waals surface area contributed by atoms with E-state index in [1.807, 2.05) is 12.1 Å². The van der Waals surface area contributed by atoms with Crippen LogP contribution in [0.25, 0.3) is 0 Å². The monoisotopic (exact) mass is 271 g/mol. The lowest BCUT2D eigenvalue weighted by molar-refractivity contribution is 0.198. The van der Waals surface area contributed by atoms with E-state index >= 15 is 0 Å². The molecule has 0 bridgehead atoms. The largest absolute Gasteiger partial charge is 0.392 e. The molecule has 1 aromatic rings. The minimum absolute atomic E-state index is 0.0239. The van der Waals surface area contributed by atoms with Crippen LogP contribution >= 0.6 is 0 Å². The van der Waals surface area contributed by atoms with Crippen LogP contribution in [0.4, 0.5) is 0 Å². The molecule has 5 heteroatoms. The molecule has 0 saturated carbocycles. The molecule has 0 aliphatic heterocycles. The lowest BCUT2D eigenvalue weighted by atomic mass is 10.0. The molecule has 0 aliphatic rings. The Morgan fingerprint density at radius 1 is 1.17 bits per heavy atom. The third-order valence-corrected chi connectivity index (χ3v) is 3.89. The van der Waals surface area contributed by atoms with E-state index < -0.39 is 16.1 Å². The number of benzene rings is 1. The van der Waals surface area contributed by atoms with Crippen molar-refractivity contribution in [2.45, 2.75) is 38.2 Å². The van der Waals surface area contributed by atoms with Gasteiger partial charge in [-0.25, -0.2) is 13.1 Å². The predicted molar refractivity (Wildman–Crippen MR) is 71.9 cm³/mol. The van der Waals surface area contributed by atoms with Crippen LogP contribution in [0, 0.1) is 5.92 Å². The molecule has 0 aromatic heterocycles. The molecule has 0 aliphatic carbocycles. The van der Waals surface area contributed by atoms with Gasteiger partial charge in [0.25, 0.3) is 0 Å². The molecule has 0 spiro atoms. The molecule has 1 atom stereocenters. The van der Waals surface area contributed by atoms with Gasteiger partial charge in [0.05, 0.1) is 11.0 Å². The zero-order valence-corrected chi connectivity index (χ0v) is 11.9. The number of aliphatic hydroxyl groups is 1. The summed E-state index contributed by atoms with van der Waals surface area (Å²) in [7, 11) is -3.51. The van der Waals surface area contributed by atoms with Gasteiger partial charge in [0.1, 0.15) is 0 Å². The normalized spacial score (nSPS) is 13.8. The fraction of sp³-hybridized carbons (Fsp3) is 0.538. The Hall–Kier alpha value is -0.910. The van der Waals surface area contributed by atoms with Gasteiger partial charge in [0, 0.05) is 6.54 Å². The van der Waals surface area contributed by atoms with Crippen LogP contribution in [0.1, 0.15) is 26.3 Å². The van der Waals surface area contributed by atoms with Crippen molar-refractivity contribution in [1.82, 2.24) is 4.72 Å². The van der Waals surface area contributed by atoms with Crippen molar-refractivity contribution < 1.29 is 13.5 Å². The van der Waals surface area contributed by atoms with Gasteiger partial charge in [0.15, 0.2) is 0 Å². The first-order valence-corrected chi connectivity index (χ1v) is 7.56. The third-order valence-electron chi connectivity index (χ3n) is 2.45. The topological polar surface area (TPSA) is 66.4 Å². The molecular weight excluding hydrogens is 250 g/mol. The van der Waals surface area contributed by atoms with Gasteiger partial charge in [0.2, 0.25) is 10.0 Å². The van der Waals surface area contributed by atoms with E-state index in [1.54, 1.807) is 12.1 Å². The predicted octanol–water partition coefficient (Wildman–Crippen LogP) is 1.54. The van der Waals surface area contributed by atoms with Crippen molar-refractivity contribution in [2.24, 2.45) is 5.92 Å². The van der Waals surface area contributed by atoms with Crippen LogP contribution < -0.4 is 4.72 Å². The molecule has 1 aromatic carbocycles. The third kappa shape index (κ3) is 4.76. The number of hydrogen-bond acceptors (Lipinski definition) is 3. The average Bonchev–Trinajstić information content (AvgIpc) is 2.26. The smallest absolute Gasteiger partial charge is 0.240 e. The maximum Gasteiger partial charge on any atom is 0.240 e. The van der Waals surface area contributed by atoms with Crippen molar-refractivity contribution in [2.75, 3.05) is 6.54 Å². The van der Waals surface area contributed by atoms with Gasteiger partial charge >= 0.3 is 0 Å². The van der Waals surface area contributed by atoms with Gasteiger partial charge < -0.3 is 5.11 Å². The van der Waals surface area contributed by atoms with E-state index in [0.717, 1.165) is 12.0 Å². The highest BCUT2D eigenvalue weighted by molar-refractivity contribution is 7.89. The Balaban J connectivity index is 2.78. The lowest BCUT2D eigenvalue weighted by Crippen LogP contribution is -2.30. The number of nitrogens with one attached hydrogen (secondary N) is 1. The quantitative estimate of drug-likeness (QED) is 0.825. The minimum Gasteiger partial charge on any atom is -0.392 e. The second-order valence-electron chi connectivity index (χ2n) is 4.94. The van der Waals surface area contributed by atoms with E-state index in [9.17, 15) is 8.42 Å². The second-order valence-corrected chi connectivity index (χ2v) is 6.71. The van der Waals surface area contributed by atoms with Crippen molar-refractivity contribution in [1.29, 1.82) is 0 Å².